The smallest absolute Gasteiger partial charge is 0.175 e. The minimum absolute atomic E-state index is 0.240. The van der Waals surface area contributed by atoms with Gasteiger partial charge >= 0.3 is 0 Å². The van der Waals surface area contributed by atoms with Gasteiger partial charge in [0.2, 0.25) is 0 Å². The summed E-state index contributed by atoms with van der Waals surface area (Å²) >= 11 is 0. The number of carbonyl (C=O) groups is 3. The summed E-state index contributed by atoms with van der Waals surface area (Å²) in [5.41, 5.74) is -0.312. The molecule has 1 saturated carbocycles. The second-order valence-electron chi connectivity index (χ2n) is 5.82. The molecule has 1 fully saturated rings. The third-order valence-corrected chi connectivity index (χ3v) is 3.50. The van der Waals surface area contributed by atoms with Crippen molar-refractivity contribution in [2.24, 2.45) is 11.3 Å². The summed E-state index contributed by atoms with van der Waals surface area (Å²) in [4.78, 5) is 37.9. The molecule has 19 heavy (non-hydrogen) atoms. The van der Waals surface area contributed by atoms with Crippen molar-refractivity contribution in [3.63, 3.8) is 0 Å². The highest BCUT2D eigenvalue weighted by molar-refractivity contribution is 6.23. The molecule has 1 rings (SSSR count). The maximum absolute atomic E-state index is 12.0. The third kappa shape index (κ3) is 4.01. The van der Waals surface area contributed by atoms with Crippen LogP contribution in [0, 0.1) is 11.3 Å². The van der Waals surface area contributed by atoms with Gasteiger partial charge in [-0.05, 0) is 25.3 Å². The van der Waals surface area contributed by atoms with Crippen LogP contribution in [0.3, 0.4) is 0 Å². The second kappa shape index (κ2) is 6.13. The summed E-state index contributed by atoms with van der Waals surface area (Å²) in [6, 6.07) is 0. The van der Waals surface area contributed by atoms with Crippen LogP contribution in [0.15, 0.2) is 12.3 Å². The molecule has 0 bridgehead atoms. The van der Waals surface area contributed by atoms with Crippen molar-refractivity contribution in [1.82, 2.24) is 4.90 Å². The molecule has 0 saturated heterocycles. The number of rotatable bonds is 5. The Balaban J connectivity index is 2.77. The summed E-state index contributed by atoms with van der Waals surface area (Å²) < 4.78 is 0. The van der Waals surface area contributed by atoms with E-state index in [9.17, 15) is 14.4 Å². The van der Waals surface area contributed by atoms with Crippen LogP contribution in [-0.4, -0.2) is 35.3 Å². The quantitative estimate of drug-likeness (QED) is 0.563. The van der Waals surface area contributed by atoms with Gasteiger partial charge < -0.3 is 4.90 Å². The van der Waals surface area contributed by atoms with E-state index in [0.717, 1.165) is 13.1 Å². The molecule has 0 aromatic heterocycles. The van der Waals surface area contributed by atoms with Crippen molar-refractivity contribution >= 4 is 17.3 Å². The molecular formula is C15H23NO3. The summed E-state index contributed by atoms with van der Waals surface area (Å²) in [6.07, 6.45) is 3.64. The molecule has 0 N–H and O–H groups in total. The SMILES string of the molecule is CCN(C=CC(=O)C1C(=O)CC(C)(C)CC1=O)CC. The first-order valence-electron chi connectivity index (χ1n) is 6.82. The fraction of sp³-hybridized carbons (Fsp3) is 0.667. The highest BCUT2D eigenvalue weighted by Gasteiger charge is 2.42. The molecule has 106 valence electrons. The van der Waals surface area contributed by atoms with Crippen LogP contribution >= 0.6 is 0 Å². The van der Waals surface area contributed by atoms with Crippen molar-refractivity contribution < 1.29 is 14.4 Å². The lowest BCUT2D eigenvalue weighted by Crippen LogP contribution is -2.41. The highest BCUT2D eigenvalue weighted by Crippen LogP contribution is 2.34. The van der Waals surface area contributed by atoms with Gasteiger partial charge in [-0.2, -0.15) is 0 Å². The number of carbonyl (C=O) groups excluding carboxylic acids is 3. The molecule has 0 radical (unpaired) electrons. The monoisotopic (exact) mass is 265 g/mol. The van der Waals surface area contributed by atoms with Crippen LogP contribution < -0.4 is 0 Å². The Morgan fingerprint density at radius 1 is 1.21 bits per heavy atom. The molecule has 1 aliphatic carbocycles. The van der Waals surface area contributed by atoms with E-state index in [2.05, 4.69) is 0 Å². The van der Waals surface area contributed by atoms with E-state index in [1.165, 1.54) is 6.08 Å². The fourth-order valence-corrected chi connectivity index (χ4v) is 2.42. The largest absolute Gasteiger partial charge is 0.378 e. The average Bonchev–Trinajstić information content (AvgIpc) is 2.27. The number of hydrogen-bond acceptors (Lipinski definition) is 4. The van der Waals surface area contributed by atoms with Crippen molar-refractivity contribution in [2.45, 2.75) is 40.5 Å². The molecule has 0 amide bonds. The maximum Gasteiger partial charge on any atom is 0.175 e. The Bertz CT molecular complexity index is 386. The molecule has 0 spiro atoms. The predicted molar refractivity (Wildman–Crippen MR) is 73.6 cm³/mol. The van der Waals surface area contributed by atoms with Crippen molar-refractivity contribution in [1.29, 1.82) is 0 Å². The molecule has 0 atom stereocenters. The van der Waals surface area contributed by atoms with Gasteiger partial charge in [-0.1, -0.05) is 13.8 Å². The lowest BCUT2D eigenvalue weighted by molar-refractivity contribution is -0.143. The van der Waals surface area contributed by atoms with Crippen LogP contribution in [0.1, 0.15) is 40.5 Å². The highest BCUT2D eigenvalue weighted by atomic mass is 16.2. The van der Waals surface area contributed by atoms with Crippen LogP contribution in [0.4, 0.5) is 0 Å². The van der Waals surface area contributed by atoms with Crippen molar-refractivity contribution in [3.05, 3.63) is 12.3 Å². The number of Topliss-reactive ketones (excluding diaryl/α,β-unsaturated/α-hetero) is 2. The second-order valence-corrected chi connectivity index (χ2v) is 5.82. The Hall–Kier alpha value is -1.45. The molecule has 4 nitrogen and oxygen atoms in total. The van der Waals surface area contributed by atoms with Gasteiger partial charge in [0.15, 0.2) is 17.3 Å². The number of hydrogen-bond donors (Lipinski definition) is 0. The van der Waals surface area contributed by atoms with Crippen molar-refractivity contribution in [2.75, 3.05) is 13.1 Å². The van der Waals surface area contributed by atoms with Crippen LogP contribution in [0.5, 0.6) is 0 Å². The van der Waals surface area contributed by atoms with Gasteiger partial charge in [0, 0.05) is 32.1 Å². The Morgan fingerprint density at radius 2 is 1.68 bits per heavy atom. The van der Waals surface area contributed by atoms with E-state index >= 15 is 0 Å². The minimum Gasteiger partial charge on any atom is -0.378 e. The Morgan fingerprint density at radius 3 is 2.11 bits per heavy atom. The van der Waals surface area contributed by atoms with Crippen LogP contribution in [0.2, 0.25) is 0 Å². The van der Waals surface area contributed by atoms with Gasteiger partial charge in [-0.3, -0.25) is 14.4 Å². The predicted octanol–water partition coefficient (Wildman–Crippen LogP) is 1.99. The lowest BCUT2D eigenvalue weighted by atomic mass is 9.70. The van der Waals surface area contributed by atoms with E-state index in [1.54, 1.807) is 6.20 Å². The molecule has 0 unspecified atom stereocenters. The first-order chi connectivity index (χ1) is 8.80. The normalized spacial score (nSPS) is 20.0. The van der Waals surface area contributed by atoms with Gasteiger partial charge in [0.1, 0.15) is 5.92 Å². The first kappa shape index (κ1) is 15.6. The average molecular weight is 265 g/mol. The molecule has 0 aliphatic heterocycles. The summed E-state index contributed by atoms with van der Waals surface area (Å²) in [5.74, 6) is -1.93. The van der Waals surface area contributed by atoms with Crippen LogP contribution in [0.25, 0.3) is 0 Å². The fourth-order valence-electron chi connectivity index (χ4n) is 2.42. The Labute approximate surface area is 114 Å². The lowest BCUT2D eigenvalue weighted by Gasteiger charge is -2.30. The number of nitrogens with zero attached hydrogens (tertiary/aromatic N) is 1. The maximum atomic E-state index is 12.0. The summed E-state index contributed by atoms with van der Waals surface area (Å²) in [6.45, 7) is 9.32. The summed E-state index contributed by atoms with van der Waals surface area (Å²) in [5, 5.41) is 0. The summed E-state index contributed by atoms with van der Waals surface area (Å²) in [7, 11) is 0. The van der Waals surface area contributed by atoms with Gasteiger partial charge in [-0.15, -0.1) is 0 Å². The third-order valence-electron chi connectivity index (χ3n) is 3.50. The van der Waals surface area contributed by atoms with Gasteiger partial charge in [0.25, 0.3) is 0 Å². The van der Waals surface area contributed by atoms with Crippen molar-refractivity contribution in [3.8, 4) is 0 Å². The molecule has 0 aromatic carbocycles. The number of allylic oxidation sites excluding steroid dienone is 1. The first-order valence-corrected chi connectivity index (χ1v) is 6.82. The molecule has 4 heteroatoms. The zero-order valence-corrected chi connectivity index (χ0v) is 12.2. The molecule has 1 aliphatic rings. The standard InChI is InChI=1S/C15H23NO3/c1-5-16(6-2)8-7-11(17)14-12(18)9-15(3,4)10-13(14)19/h7-8,14H,5-6,9-10H2,1-4H3. The van der Waals surface area contributed by atoms with E-state index in [1.807, 2.05) is 32.6 Å². The minimum atomic E-state index is -1.07. The molecular weight excluding hydrogens is 242 g/mol. The van der Waals surface area contributed by atoms with Gasteiger partial charge in [-0.25, -0.2) is 0 Å². The van der Waals surface area contributed by atoms with E-state index < -0.39 is 5.92 Å². The number of ketones is 3. The van der Waals surface area contributed by atoms with E-state index in [4.69, 9.17) is 0 Å². The molecule has 0 heterocycles. The van der Waals surface area contributed by atoms with Gasteiger partial charge in [0.05, 0.1) is 0 Å². The van der Waals surface area contributed by atoms with Crippen LogP contribution in [-0.2, 0) is 14.4 Å². The van der Waals surface area contributed by atoms with E-state index in [-0.39, 0.29) is 22.8 Å². The topological polar surface area (TPSA) is 54.5 Å². The zero-order chi connectivity index (χ0) is 14.6. The molecule has 0 aromatic rings. The van der Waals surface area contributed by atoms with E-state index in [0.29, 0.717) is 12.8 Å². The zero-order valence-electron chi connectivity index (χ0n) is 12.2. The Kier molecular flexibility index (Phi) is 5.04.